The van der Waals surface area contributed by atoms with Crippen LogP contribution >= 0.6 is 39.7 Å². The molecule has 126 valence electrons. The van der Waals surface area contributed by atoms with Crippen molar-refractivity contribution in [3.05, 3.63) is 68.9 Å². The number of hydrogen-bond acceptors (Lipinski definition) is 3. The second-order valence-electron chi connectivity index (χ2n) is 5.07. The first-order valence-corrected chi connectivity index (χ1v) is 8.57. The van der Waals surface area contributed by atoms with E-state index in [1.54, 1.807) is 30.3 Å². The van der Waals surface area contributed by atoms with Crippen LogP contribution in [0, 0.1) is 5.82 Å². The van der Waals surface area contributed by atoms with Crippen LogP contribution in [0.3, 0.4) is 0 Å². The molecule has 8 heteroatoms. The van der Waals surface area contributed by atoms with Gasteiger partial charge in [-0.1, -0.05) is 33.6 Å². The first-order chi connectivity index (χ1) is 11.9. The Hall–Kier alpha value is -2.09. The van der Waals surface area contributed by atoms with Gasteiger partial charge in [0, 0.05) is 15.1 Å². The number of amides is 2. The van der Waals surface area contributed by atoms with Gasteiger partial charge in [0.15, 0.2) is 5.11 Å². The summed E-state index contributed by atoms with van der Waals surface area (Å²) in [4.78, 5) is 26.2. The number of nitrogens with one attached hydrogen (secondary N) is 1. The van der Waals surface area contributed by atoms with Crippen molar-refractivity contribution in [3.63, 3.8) is 0 Å². The van der Waals surface area contributed by atoms with Gasteiger partial charge in [-0.3, -0.25) is 19.8 Å². The minimum absolute atomic E-state index is 0.0536. The van der Waals surface area contributed by atoms with Gasteiger partial charge < -0.3 is 0 Å². The standard InChI is InChI=1S/C17H9BrClFN2O2S/c18-13-2-1-3-14(20)11(13)8-12-15(23)21-17(25)22(16(12)24)10-6-4-9(19)5-7-10/h1-8H,(H,21,23,25). The van der Waals surface area contributed by atoms with Crippen LogP contribution in [0.2, 0.25) is 5.02 Å². The molecule has 4 nitrogen and oxygen atoms in total. The second-order valence-corrected chi connectivity index (χ2v) is 6.75. The van der Waals surface area contributed by atoms with E-state index >= 15 is 0 Å². The van der Waals surface area contributed by atoms with Crippen LogP contribution in [0.1, 0.15) is 5.56 Å². The Morgan fingerprint density at radius 3 is 2.48 bits per heavy atom. The average Bonchev–Trinajstić information content (AvgIpc) is 2.55. The summed E-state index contributed by atoms with van der Waals surface area (Å²) in [6, 6.07) is 10.8. The van der Waals surface area contributed by atoms with E-state index in [9.17, 15) is 14.0 Å². The fraction of sp³-hybridized carbons (Fsp3) is 0. The van der Waals surface area contributed by atoms with Gasteiger partial charge in [-0.2, -0.15) is 0 Å². The van der Waals surface area contributed by atoms with E-state index in [1.807, 2.05) is 0 Å². The second kappa shape index (κ2) is 7.03. The van der Waals surface area contributed by atoms with Crippen molar-refractivity contribution >= 4 is 68.4 Å². The van der Waals surface area contributed by atoms with E-state index in [-0.39, 0.29) is 16.2 Å². The summed E-state index contributed by atoms with van der Waals surface area (Å²) in [5.41, 5.74) is 0.317. The normalized spacial score (nSPS) is 16.4. The van der Waals surface area contributed by atoms with Gasteiger partial charge in [0.1, 0.15) is 11.4 Å². The molecule has 1 aliphatic heterocycles. The van der Waals surface area contributed by atoms with E-state index in [0.29, 0.717) is 15.2 Å². The summed E-state index contributed by atoms with van der Waals surface area (Å²) in [6.07, 6.45) is 1.20. The van der Waals surface area contributed by atoms with Crippen molar-refractivity contribution in [1.29, 1.82) is 0 Å². The summed E-state index contributed by atoms with van der Waals surface area (Å²) in [7, 11) is 0. The van der Waals surface area contributed by atoms with Crippen molar-refractivity contribution in [3.8, 4) is 0 Å². The average molecular weight is 440 g/mol. The summed E-state index contributed by atoms with van der Waals surface area (Å²) < 4.78 is 14.5. The summed E-state index contributed by atoms with van der Waals surface area (Å²) >= 11 is 14.2. The molecule has 25 heavy (non-hydrogen) atoms. The Morgan fingerprint density at radius 1 is 1.16 bits per heavy atom. The fourth-order valence-electron chi connectivity index (χ4n) is 2.28. The molecule has 1 fully saturated rings. The minimum atomic E-state index is -0.685. The van der Waals surface area contributed by atoms with Gasteiger partial charge in [0.2, 0.25) is 0 Å². The Labute approximate surface area is 161 Å². The SMILES string of the molecule is O=C1NC(=S)N(c2ccc(Cl)cc2)C(=O)C1=Cc1c(F)cccc1Br. The lowest BCUT2D eigenvalue weighted by Crippen LogP contribution is -2.54. The van der Waals surface area contributed by atoms with E-state index in [1.165, 1.54) is 18.2 Å². The number of thiocarbonyl (C=S) groups is 1. The third-order valence-corrected chi connectivity index (χ3v) is 4.70. The summed E-state index contributed by atoms with van der Waals surface area (Å²) in [5.74, 6) is -1.89. The van der Waals surface area contributed by atoms with Gasteiger partial charge in [-0.25, -0.2) is 4.39 Å². The van der Waals surface area contributed by atoms with Crippen LogP contribution in [0.15, 0.2) is 52.5 Å². The number of benzene rings is 2. The fourth-order valence-corrected chi connectivity index (χ4v) is 3.14. The Bertz CT molecular complexity index is 910. The molecule has 0 saturated carbocycles. The van der Waals surface area contributed by atoms with Crippen LogP contribution in [0.25, 0.3) is 6.08 Å². The first-order valence-electron chi connectivity index (χ1n) is 6.99. The number of halogens is 3. The molecule has 2 aromatic carbocycles. The highest BCUT2D eigenvalue weighted by atomic mass is 79.9. The van der Waals surface area contributed by atoms with E-state index in [0.717, 1.165) is 4.90 Å². The molecule has 0 aromatic heterocycles. The molecular weight excluding hydrogens is 431 g/mol. The van der Waals surface area contributed by atoms with Crippen LogP contribution in [-0.2, 0) is 9.59 Å². The molecule has 1 heterocycles. The Balaban J connectivity index is 2.07. The zero-order valence-electron chi connectivity index (χ0n) is 12.4. The molecule has 0 spiro atoms. The molecule has 1 N–H and O–H groups in total. The molecule has 3 rings (SSSR count). The van der Waals surface area contributed by atoms with E-state index in [4.69, 9.17) is 23.8 Å². The summed E-state index contributed by atoms with van der Waals surface area (Å²) in [6.45, 7) is 0. The lowest BCUT2D eigenvalue weighted by atomic mass is 10.1. The van der Waals surface area contributed by atoms with Gasteiger partial charge in [0.25, 0.3) is 11.8 Å². The number of carbonyl (C=O) groups is 2. The van der Waals surface area contributed by atoms with Crippen molar-refractivity contribution < 1.29 is 14.0 Å². The predicted octanol–water partition coefficient (Wildman–Crippen LogP) is 4.07. The number of anilines is 1. The van der Waals surface area contributed by atoms with Gasteiger partial charge in [0.05, 0.1) is 5.69 Å². The van der Waals surface area contributed by atoms with Gasteiger partial charge in [-0.15, -0.1) is 0 Å². The molecule has 0 radical (unpaired) electrons. The molecule has 2 amide bonds. The first kappa shape index (κ1) is 17.7. The zero-order valence-corrected chi connectivity index (χ0v) is 15.6. The molecular formula is C17H9BrClFN2O2S. The van der Waals surface area contributed by atoms with Crippen molar-refractivity contribution in [2.45, 2.75) is 0 Å². The lowest BCUT2D eigenvalue weighted by Gasteiger charge is -2.29. The molecule has 0 unspecified atom stereocenters. The zero-order chi connectivity index (χ0) is 18.1. The maximum atomic E-state index is 14.0. The van der Waals surface area contributed by atoms with E-state index < -0.39 is 17.6 Å². The molecule has 0 aliphatic carbocycles. The highest BCUT2D eigenvalue weighted by Crippen LogP contribution is 2.26. The number of rotatable bonds is 2. The highest BCUT2D eigenvalue weighted by molar-refractivity contribution is 9.10. The Morgan fingerprint density at radius 2 is 1.84 bits per heavy atom. The van der Waals surface area contributed by atoms with Gasteiger partial charge in [-0.05, 0) is 54.7 Å². The highest BCUT2D eigenvalue weighted by Gasteiger charge is 2.34. The smallest absolute Gasteiger partial charge is 0.270 e. The molecule has 1 aliphatic rings. The maximum absolute atomic E-state index is 14.0. The molecule has 0 atom stereocenters. The number of carbonyl (C=O) groups excluding carboxylic acids is 2. The molecule has 0 bridgehead atoms. The van der Waals surface area contributed by atoms with Crippen molar-refractivity contribution in [1.82, 2.24) is 5.32 Å². The summed E-state index contributed by atoms with van der Waals surface area (Å²) in [5, 5.41) is 2.88. The van der Waals surface area contributed by atoms with Crippen LogP contribution < -0.4 is 10.2 Å². The van der Waals surface area contributed by atoms with Crippen LogP contribution in [0.4, 0.5) is 10.1 Å². The van der Waals surface area contributed by atoms with Crippen molar-refractivity contribution in [2.75, 3.05) is 4.90 Å². The number of hydrogen-bond donors (Lipinski definition) is 1. The van der Waals surface area contributed by atoms with Crippen LogP contribution in [-0.4, -0.2) is 16.9 Å². The monoisotopic (exact) mass is 438 g/mol. The third kappa shape index (κ3) is 3.49. The minimum Gasteiger partial charge on any atom is -0.298 e. The predicted molar refractivity (Wildman–Crippen MR) is 102 cm³/mol. The largest absolute Gasteiger partial charge is 0.298 e. The van der Waals surface area contributed by atoms with E-state index in [2.05, 4.69) is 21.2 Å². The van der Waals surface area contributed by atoms with Crippen molar-refractivity contribution in [2.24, 2.45) is 0 Å². The topological polar surface area (TPSA) is 49.4 Å². The Kier molecular flexibility index (Phi) is 4.99. The lowest BCUT2D eigenvalue weighted by molar-refractivity contribution is -0.122. The van der Waals surface area contributed by atoms with Gasteiger partial charge >= 0.3 is 0 Å². The maximum Gasteiger partial charge on any atom is 0.270 e. The quantitative estimate of drug-likeness (QED) is 0.436. The molecule has 1 saturated heterocycles. The number of nitrogens with zero attached hydrogens (tertiary/aromatic N) is 1. The molecule has 2 aromatic rings. The third-order valence-electron chi connectivity index (χ3n) is 3.47. The van der Waals surface area contributed by atoms with Crippen LogP contribution in [0.5, 0.6) is 0 Å².